The summed E-state index contributed by atoms with van der Waals surface area (Å²) < 4.78 is 1.30. The highest BCUT2D eigenvalue weighted by atomic mass is 35.5. The summed E-state index contributed by atoms with van der Waals surface area (Å²) >= 11 is 5.96. The number of amides is 1. The predicted molar refractivity (Wildman–Crippen MR) is 69.6 cm³/mol. The lowest BCUT2D eigenvalue weighted by Crippen LogP contribution is -2.19. The van der Waals surface area contributed by atoms with Crippen LogP contribution in [0, 0.1) is 18.3 Å². The molecule has 0 saturated carbocycles. The molecule has 0 bridgehead atoms. The van der Waals surface area contributed by atoms with Crippen LogP contribution in [-0.4, -0.2) is 20.7 Å². The summed E-state index contributed by atoms with van der Waals surface area (Å²) in [5, 5.41) is 15.7. The van der Waals surface area contributed by atoms with Crippen LogP contribution in [0.4, 0.5) is 5.69 Å². The van der Waals surface area contributed by atoms with Crippen LogP contribution in [-0.2, 0) is 11.3 Å². The van der Waals surface area contributed by atoms with Crippen molar-refractivity contribution in [2.24, 2.45) is 0 Å². The lowest BCUT2D eigenvalue weighted by atomic mass is 10.2. The molecule has 7 heteroatoms. The first kappa shape index (κ1) is 13.1. The third kappa shape index (κ3) is 3.30. The van der Waals surface area contributed by atoms with Crippen LogP contribution in [0.5, 0.6) is 0 Å². The van der Waals surface area contributed by atoms with Crippen molar-refractivity contribution in [3.8, 4) is 6.07 Å². The van der Waals surface area contributed by atoms with Crippen LogP contribution in [0.25, 0.3) is 0 Å². The molecule has 0 aliphatic heterocycles. The normalized spacial score (nSPS) is 9.95. The predicted octanol–water partition coefficient (Wildman–Crippen LogP) is 1.75. The number of nitriles is 1. The van der Waals surface area contributed by atoms with Crippen LogP contribution in [0.2, 0.25) is 5.02 Å². The van der Waals surface area contributed by atoms with E-state index in [-0.39, 0.29) is 18.3 Å². The molecule has 19 heavy (non-hydrogen) atoms. The van der Waals surface area contributed by atoms with Crippen LogP contribution in [0.3, 0.4) is 0 Å². The van der Waals surface area contributed by atoms with Gasteiger partial charge in [0.2, 0.25) is 5.91 Å². The van der Waals surface area contributed by atoms with E-state index >= 15 is 0 Å². The molecule has 0 aliphatic rings. The van der Waals surface area contributed by atoms with Gasteiger partial charge in [-0.3, -0.25) is 4.79 Å². The second-order valence-electron chi connectivity index (χ2n) is 3.89. The maximum absolute atomic E-state index is 11.7. The number of halogens is 1. The second-order valence-corrected chi connectivity index (χ2v) is 4.30. The van der Waals surface area contributed by atoms with Gasteiger partial charge in [0.1, 0.15) is 18.9 Å². The molecule has 1 aromatic carbocycles. The van der Waals surface area contributed by atoms with Gasteiger partial charge >= 0.3 is 0 Å². The van der Waals surface area contributed by atoms with Gasteiger partial charge in [0.05, 0.1) is 0 Å². The molecule has 0 unspecified atom stereocenters. The molecule has 1 amide bonds. The van der Waals surface area contributed by atoms with Crippen LogP contribution < -0.4 is 5.32 Å². The first-order valence-corrected chi connectivity index (χ1v) is 5.82. The quantitative estimate of drug-likeness (QED) is 0.925. The van der Waals surface area contributed by atoms with Crippen molar-refractivity contribution in [3.63, 3.8) is 0 Å². The van der Waals surface area contributed by atoms with Crippen molar-refractivity contribution in [1.29, 1.82) is 5.26 Å². The van der Waals surface area contributed by atoms with Gasteiger partial charge in [-0.15, -0.1) is 5.10 Å². The lowest BCUT2D eigenvalue weighted by Gasteiger charge is -2.06. The molecule has 6 nitrogen and oxygen atoms in total. The first-order chi connectivity index (χ1) is 9.08. The number of aryl methyl sites for hydroxylation is 1. The molecule has 0 spiro atoms. The third-order valence-corrected chi connectivity index (χ3v) is 2.80. The van der Waals surface area contributed by atoms with Gasteiger partial charge in [-0.05, 0) is 24.6 Å². The molecule has 0 radical (unpaired) electrons. The average molecular weight is 276 g/mol. The number of anilines is 1. The Labute approximate surface area is 114 Å². The summed E-state index contributed by atoms with van der Waals surface area (Å²) in [5.74, 6) is -0.236. The zero-order valence-corrected chi connectivity index (χ0v) is 10.8. The Kier molecular flexibility index (Phi) is 3.78. The number of carbonyl (C=O) groups excluding carboxylic acids is 1. The molecule has 0 fully saturated rings. The van der Waals surface area contributed by atoms with E-state index in [2.05, 4.69) is 15.4 Å². The fourth-order valence-electron chi connectivity index (χ4n) is 1.44. The molecule has 0 atom stereocenters. The maximum atomic E-state index is 11.7. The molecule has 1 heterocycles. The molecule has 96 valence electrons. The lowest BCUT2D eigenvalue weighted by molar-refractivity contribution is -0.116. The smallest absolute Gasteiger partial charge is 0.252 e. The Bertz CT molecular complexity index is 658. The minimum absolute atomic E-state index is 0.0137. The van der Waals surface area contributed by atoms with E-state index in [1.54, 1.807) is 18.2 Å². The summed E-state index contributed by atoms with van der Waals surface area (Å²) in [4.78, 5) is 15.5. The zero-order chi connectivity index (χ0) is 13.8. The number of hydrogen-bond donors (Lipinski definition) is 1. The van der Waals surface area contributed by atoms with E-state index in [0.29, 0.717) is 10.7 Å². The van der Waals surface area contributed by atoms with Crippen molar-refractivity contribution < 1.29 is 4.79 Å². The SMILES string of the molecule is Cc1ccc(NC(=O)Cn2cnc(C#N)n2)cc1Cl. The molecular formula is C12H10ClN5O. The second kappa shape index (κ2) is 5.50. The van der Waals surface area contributed by atoms with Gasteiger partial charge in [0.15, 0.2) is 0 Å². The highest BCUT2D eigenvalue weighted by Gasteiger charge is 2.07. The van der Waals surface area contributed by atoms with Crippen molar-refractivity contribution in [2.45, 2.75) is 13.5 Å². The van der Waals surface area contributed by atoms with Gasteiger partial charge in [-0.1, -0.05) is 17.7 Å². The van der Waals surface area contributed by atoms with E-state index in [1.165, 1.54) is 11.0 Å². The first-order valence-electron chi connectivity index (χ1n) is 5.44. The fraction of sp³-hybridized carbons (Fsp3) is 0.167. The molecule has 0 aliphatic carbocycles. The van der Waals surface area contributed by atoms with Gasteiger partial charge < -0.3 is 5.32 Å². The van der Waals surface area contributed by atoms with E-state index in [9.17, 15) is 4.79 Å². The van der Waals surface area contributed by atoms with E-state index < -0.39 is 0 Å². The van der Waals surface area contributed by atoms with E-state index in [1.807, 2.05) is 13.0 Å². The zero-order valence-electron chi connectivity index (χ0n) is 10.1. The number of carbonyl (C=O) groups is 1. The monoisotopic (exact) mass is 275 g/mol. The van der Waals surface area contributed by atoms with Gasteiger partial charge in [0.25, 0.3) is 5.82 Å². The summed E-state index contributed by atoms with van der Waals surface area (Å²) in [6.45, 7) is 1.87. The Hall–Kier alpha value is -2.39. The maximum Gasteiger partial charge on any atom is 0.252 e. The Morgan fingerprint density at radius 2 is 2.37 bits per heavy atom. The number of hydrogen-bond acceptors (Lipinski definition) is 4. The summed E-state index contributed by atoms with van der Waals surface area (Å²) in [6.07, 6.45) is 1.33. The molecule has 0 saturated heterocycles. The summed E-state index contributed by atoms with van der Waals surface area (Å²) in [6, 6.07) is 7.05. The Morgan fingerprint density at radius 3 is 3.00 bits per heavy atom. The van der Waals surface area contributed by atoms with Gasteiger partial charge in [-0.25, -0.2) is 9.67 Å². The molecule has 1 aromatic heterocycles. The van der Waals surface area contributed by atoms with E-state index in [4.69, 9.17) is 16.9 Å². The highest BCUT2D eigenvalue weighted by molar-refractivity contribution is 6.31. The largest absolute Gasteiger partial charge is 0.324 e. The van der Waals surface area contributed by atoms with Crippen LogP contribution >= 0.6 is 11.6 Å². The van der Waals surface area contributed by atoms with Crippen molar-refractivity contribution in [2.75, 3.05) is 5.32 Å². The summed E-state index contributed by atoms with van der Waals surface area (Å²) in [7, 11) is 0. The highest BCUT2D eigenvalue weighted by Crippen LogP contribution is 2.19. The standard InChI is InChI=1S/C12H10ClN5O/c1-8-2-3-9(4-10(8)13)16-12(19)6-18-7-15-11(5-14)17-18/h2-4,7H,6H2,1H3,(H,16,19). The third-order valence-electron chi connectivity index (χ3n) is 2.40. The number of rotatable bonds is 3. The van der Waals surface area contributed by atoms with Gasteiger partial charge in [-0.2, -0.15) is 5.26 Å². The van der Waals surface area contributed by atoms with Crippen molar-refractivity contribution in [1.82, 2.24) is 14.8 Å². The topological polar surface area (TPSA) is 83.6 Å². The van der Waals surface area contributed by atoms with Crippen molar-refractivity contribution >= 4 is 23.2 Å². The number of aromatic nitrogens is 3. The number of benzene rings is 1. The van der Waals surface area contributed by atoms with E-state index in [0.717, 1.165) is 5.56 Å². The molecule has 2 aromatic rings. The minimum Gasteiger partial charge on any atom is -0.324 e. The van der Waals surface area contributed by atoms with Gasteiger partial charge in [0, 0.05) is 10.7 Å². The molecule has 1 N–H and O–H groups in total. The fourth-order valence-corrected chi connectivity index (χ4v) is 1.62. The molecule has 2 rings (SSSR count). The van der Waals surface area contributed by atoms with Crippen molar-refractivity contribution in [3.05, 3.63) is 40.9 Å². The Balaban J connectivity index is 2.01. The number of nitrogens with one attached hydrogen (secondary N) is 1. The summed E-state index contributed by atoms with van der Waals surface area (Å²) in [5.41, 5.74) is 1.55. The number of nitrogens with zero attached hydrogens (tertiary/aromatic N) is 4. The molecular weight excluding hydrogens is 266 g/mol. The Morgan fingerprint density at radius 1 is 1.58 bits per heavy atom. The minimum atomic E-state index is -0.269. The average Bonchev–Trinajstić information content (AvgIpc) is 2.81. The van der Waals surface area contributed by atoms with Crippen LogP contribution in [0.15, 0.2) is 24.5 Å². The van der Waals surface area contributed by atoms with Crippen LogP contribution in [0.1, 0.15) is 11.4 Å².